The third-order valence-electron chi connectivity index (χ3n) is 3.30. The van der Waals surface area contributed by atoms with Crippen LogP contribution in [0.3, 0.4) is 0 Å². The number of rotatable bonds is 4. The number of hydrogen-bond acceptors (Lipinski definition) is 3. The first-order valence-electron chi connectivity index (χ1n) is 5.89. The summed E-state index contributed by atoms with van der Waals surface area (Å²) >= 11 is 0. The average Bonchev–Trinajstić information content (AvgIpc) is 2.43. The number of nitrogens with zero attached hydrogens (tertiary/aromatic N) is 1. The Morgan fingerprint density at radius 3 is 2.59 bits per heavy atom. The van der Waals surface area contributed by atoms with E-state index in [1.54, 1.807) is 0 Å². The topological polar surface area (TPSA) is 60.8 Å². The van der Waals surface area contributed by atoms with Crippen LogP contribution in [0.15, 0.2) is 0 Å². The highest BCUT2D eigenvalue weighted by atomic mass is 19.3. The number of hydrogen-bond donors (Lipinski definition) is 2. The molecule has 1 fully saturated rings. The first kappa shape index (κ1) is 14.3. The third kappa shape index (κ3) is 2.93. The summed E-state index contributed by atoms with van der Waals surface area (Å²) < 4.78 is 26.9. The third-order valence-corrected chi connectivity index (χ3v) is 3.30. The molecule has 0 aliphatic carbocycles. The molecule has 4 nitrogen and oxygen atoms in total. The maximum absolute atomic E-state index is 13.4. The second-order valence-electron chi connectivity index (χ2n) is 4.61. The fourth-order valence-corrected chi connectivity index (χ4v) is 2.23. The number of carbonyl (C=O) groups is 1. The monoisotopic (exact) mass is 251 g/mol. The van der Waals surface area contributed by atoms with Gasteiger partial charge in [-0.1, -0.05) is 6.92 Å². The molecule has 0 amide bonds. The molecular weight excluding hydrogens is 232 g/mol. The molecule has 0 saturated carbocycles. The van der Waals surface area contributed by atoms with Crippen LogP contribution in [-0.2, 0) is 4.79 Å². The second-order valence-corrected chi connectivity index (χ2v) is 4.61. The Morgan fingerprint density at radius 2 is 2.06 bits per heavy atom. The maximum atomic E-state index is 13.4. The van der Waals surface area contributed by atoms with Crippen molar-refractivity contribution in [2.45, 2.75) is 44.1 Å². The lowest BCUT2D eigenvalue weighted by Gasteiger charge is -2.32. The van der Waals surface area contributed by atoms with E-state index in [-0.39, 0.29) is 12.8 Å². The zero-order valence-electron chi connectivity index (χ0n) is 9.96. The van der Waals surface area contributed by atoms with Crippen molar-refractivity contribution in [3.63, 3.8) is 0 Å². The molecule has 0 spiro atoms. The number of aliphatic hydroxyl groups is 1. The molecule has 100 valence electrons. The van der Waals surface area contributed by atoms with E-state index in [0.717, 1.165) is 13.0 Å². The van der Waals surface area contributed by atoms with Gasteiger partial charge < -0.3 is 15.1 Å². The molecule has 1 aliphatic rings. The van der Waals surface area contributed by atoms with Crippen molar-refractivity contribution in [3.05, 3.63) is 0 Å². The minimum atomic E-state index is -4.07. The summed E-state index contributed by atoms with van der Waals surface area (Å²) in [5, 5.41) is 18.4. The van der Waals surface area contributed by atoms with Crippen molar-refractivity contribution in [2.75, 3.05) is 19.6 Å². The average molecular weight is 251 g/mol. The molecule has 0 bridgehead atoms. The van der Waals surface area contributed by atoms with Crippen LogP contribution in [0, 0.1) is 0 Å². The Balaban J connectivity index is 2.75. The molecule has 0 radical (unpaired) electrons. The van der Waals surface area contributed by atoms with Crippen LogP contribution in [0.2, 0.25) is 0 Å². The molecule has 6 heteroatoms. The quantitative estimate of drug-likeness (QED) is 0.791. The Kier molecular flexibility index (Phi) is 4.43. The molecule has 0 aromatic rings. The molecule has 1 unspecified atom stereocenters. The maximum Gasteiger partial charge on any atom is 0.377 e. The lowest BCUT2D eigenvalue weighted by molar-refractivity contribution is -0.211. The summed E-state index contributed by atoms with van der Waals surface area (Å²) in [5.74, 6) is -6.32. The van der Waals surface area contributed by atoms with E-state index in [2.05, 4.69) is 0 Å². The summed E-state index contributed by atoms with van der Waals surface area (Å²) in [7, 11) is 0. The number of likely N-dealkylation sites (tertiary alicyclic amines) is 1. The van der Waals surface area contributed by atoms with Gasteiger partial charge in [-0.05, 0) is 38.8 Å². The van der Waals surface area contributed by atoms with Crippen LogP contribution in [0.4, 0.5) is 8.78 Å². The van der Waals surface area contributed by atoms with Crippen LogP contribution in [0.5, 0.6) is 0 Å². The summed E-state index contributed by atoms with van der Waals surface area (Å²) in [6, 6.07) is 0. The van der Waals surface area contributed by atoms with Gasteiger partial charge in [0.1, 0.15) is 5.60 Å². The van der Waals surface area contributed by atoms with Gasteiger partial charge in [-0.25, -0.2) is 4.79 Å². The van der Waals surface area contributed by atoms with Gasteiger partial charge in [0.15, 0.2) is 0 Å². The van der Waals surface area contributed by atoms with Crippen molar-refractivity contribution in [3.8, 4) is 0 Å². The van der Waals surface area contributed by atoms with Crippen LogP contribution < -0.4 is 0 Å². The Morgan fingerprint density at radius 1 is 1.41 bits per heavy atom. The fraction of sp³-hybridized carbons (Fsp3) is 0.909. The van der Waals surface area contributed by atoms with Gasteiger partial charge in [0, 0.05) is 6.54 Å². The molecule has 1 rings (SSSR count). The Bertz CT molecular complexity index is 286. The molecule has 17 heavy (non-hydrogen) atoms. The normalized spacial score (nSPS) is 27.8. The standard InChI is InChI=1S/C11H19F2NO3/c1-2-6-14-7-3-4-10(17,5-8-14)11(12,13)9(15)16/h17H,2-8H2,1H3,(H,15,16). The number of carboxylic acids is 1. The largest absolute Gasteiger partial charge is 0.477 e. The van der Waals surface area contributed by atoms with Crippen molar-refractivity contribution >= 4 is 5.97 Å². The van der Waals surface area contributed by atoms with Gasteiger partial charge in [-0.2, -0.15) is 8.78 Å². The van der Waals surface area contributed by atoms with Gasteiger partial charge in [-0.3, -0.25) is 0 Å². The molecule has 2 N–H and O–H groups in total. The lowest BCUT2D eigenvalue weighted by Crippen LogP contribution is -2.53. The molecule has 0 aromatic carbocycles. The second kappa shape index (κ2) is 5.27. The van der Waals surface area contributed by atoms with Crippen LogP contribution >= 0.6 is 0 Å². The number of alkyl halides is 2. The first-order chi connectivity index (χ1) is 7.83. The van der Waals surface area contributed by atoms with Crippen LogP contribution in [0.1, 0.15) is 32.6 Å². The summed E-state index contributed by atoms with van der Waals surface area (Å²) in [4.78, 5) is 12.5. The Labute approximate surface area is 99.2 Å². The highest BCUT2D eigenvalue weighted by Crippen LogP contribution is 2.37. The molecule has 0 aromatic heterocycles. The number of carboxylic acid groups (broad SMARTS) is 1. The molecule has 1 heterocycles. The predicted molar refractivity (Wildman–Crippen MR) is 58.1 cm³/mol. The molecule has 1 saturated heterocycles. The van der Waals surface area contributed by atoms with E-state index < -0.39 is 17.5 Å². The predicted octanol–water partition coefficient (Wildman–Crippen LogP) is 1.33. The van der Waals surface area contributed by atoms with Crippen molar-refractivity contribution < 1.29 is 23.8 Å². The summed E-state index contributed by atoms with van der Waals surface area (Å²) in [5.41, 5.74) is -2.42. The van der Waals surface area contributed by atoms with E-state index in [9.17, 15) is 18.7 Å². The fourth-order valence-electron chi connectivity index (χ4n) is 2.23. The number of halogens is 2. The van der Waals surface area contributed by atoms with E-state index >= 15 is 0 Å². The van der Waals surface area contributed by atoms with Crippen LogP contribution in [0.25, 0.3) is 0 Å². The minimum absolute atomic E-state index is 0.174. The van der Waals surface area contributed by atoms with Gasteiger partial charge in [0.05, 0.1) is 0 Å². The van der Waals surface area contributed by atoms with E-state index in [4.69, 9.17) is 5.11 Å². The van der Waals surface area contributed by atoms with Crippen molar-refractivity contribution in [1.29, 1.82) is 0 Å². The number of aliphatic carboxylic acids is 1. The van der Waals surface area contributed by atoms with Crippen molar-refractivity contribution in [1.82, 2.24) is 4.90 Å². The molecule has 1 atom stereocenters. The zero-order chi connectivity index (χ0) is 13.1. The van der Waals surface area contributed by atoms with E-state index in [0.29, 0.717) is 19.5 Å². The Hall–Kier alpha value is -0.750. The van der Waals surface area contributed by atoms with E-state index in [1.165, 1.54) is 0 Å². The van der Waals surface area contributed by atoms with Gasteiger partial charge in [0.25, 0.3) is 0 Å². The molecular formula is C11H19F2NO3. The van der Waals surface area contributed by atoms with Gasteiger partial charge in [-0.15, -0.1) is 0 Å². The highest BCUT2D eigenvalue weighted by molar-refractivity contribution is 5.77. The smallest absolute Gasteiger partial charge is 0.377 e. The van der Waals surface area contributed by atoms with E-state index in [1.807, 2.05) is 11.8 Å². The highest BCUT2D eigenvalue weighted by Gasteiger charge is 2.58. The van der Waals surface area contributed by atoms with Gasteiger partial charge in [0.2, 0.25) is 0 Å². The van der Waals surface area contributed by atoms with Crippen LogP contribution in [-0.4, -0.2) is 52.2 Å². The summed E-state index contributed by atoms with van der Waals surface area (Å²) in [6.07, 6.45) is 0.923. The van der Waals surface area contributed by atoms with Gasteiger partial charge >= 0.3 is 11.9 Å². The minimum Gasteiger partial charge on any atom is -0.477 e. The molecule has 1 aliphatic heterocycles. The summed E-state index contributed by atoms with van der Waals surface area (Å²) in [6.45, 7) is 3.72. The van der Waals surface area contributed by atoms with Crippen molar-refractivity contribution in [2.24, 2.45) is 0 Å². The SMILES string of the molecule is CCCN1CCCC(O)(C(F)(F)C(=O)O)CC1. The lowest BCUT2D eigenvalue weighted by atomic mass is 9.88. The first-order valence-corrected chi connectivity index (χ1v) is 5.89. The zero-order valence-corrected chi connectivity index (χ0v) is 9.96.